The first-order chi connectivity index (χ1) is 7.52. The van der Waals surface area contributed by atoms with E-state index in [1.54, 1.807) is 13.2 Å². The van der Waals surface area contributed by atoms with Gasteiger partial charge in [0.1, 0.15) is 0 Å². The van der Waals surface area contributed by atoms with Crippen LogP contribution in [0, 0.1) is 0 Å². The van der Waals surface area contributed by atoms with Crippen molar-refractivity contribution in [2.75, 3.05) is 7.11 Å². The number of rotatable bonds is 5. The Balaban J connectivity index is 2.59. The predicted molar refractivity (Wildman–Crippen MR) is 69.2 cm³/mol. The van der Waals surface area contributed by atoms with E-state index >= 15 is 0 Å². The second kappa shape index (κ2) is 6.45. The fourth-order valence-corrected chi connectivity index (χ4v) is 2.06. The van der Waals surface area contributed by atoms with Crippen LogP contribution in [0.3, 0.4) is 0 Å². The van der Waals surface area contributed by atoms with Gasteiger partial charge in [0.2, 0.25) is 0 Å². The Morgan fingerprint density at radius 2 is 2.06 bits per heavy atom. The molecule has 0 aliphatic heterocycles. The van der Waals surface area contributed by atoms with Crippen molar-refractivity contribution in [3.05, 3.63) is 33.8 Å². The van der Waals surface area contributed by atoms with E-state index in [2.05, 4.69) is 0 Å². The lowest BCUT2D eigenvalue weighted by Gasteiger charge is -2.16. The zero-order valence-corrected chi connectivity index (χ0v) is 11.1. The Kier molecular flexibility index (Phi) is 5.56. The average Bonchev–Trinajstić information content (AvgIpc) is 2.22. The number of hydrogen-bond acceptors (Lipinski definition) is 2. The molecule has 0 aromatic heterocycles. The van der Waals surface area contributed by atoms with Gasteiger partial charge in [-0.3, -0.25) is 0 Å². The van der Waals surface area contributed by atoms with Crippen LogP contribution in [0.2, 0.25) is 10.0 Å². The van der Waals surface area contributed by atoms with E-state index in [0.29, 0.717) is 10.0 Å². The number of nitrogens with two attached hydrogens (primary N) is 1. The normalized spacial score (nSPS) is 14.8. The summed E-state index contributed by atoms with van der Waals surface area (Å²) in [7, 11) is 1.69. The summed E-state index contributed by atoms with van der Waals surface area (Å²) >= 11 is 11.9. The van der Waals surface area contributed by atoms with Crippen LogP contribution < -0.4 is 5.73 Å². The summed E-state index contributed by atoms with van der Waals surface area (Å²) in [4.78, 5) is 0. The molecule has 0 fully saturated rings. The summed E-state index contributed by atoms with van der Waals surface area (Å²) in [6.07, 6.45) is 1.72. The fourth-order valence-electron chi connectivity index (χ4n) is 1.58. The Bertz CT molecular complexity index is 344. The third-order valence-corrected chi connectivity index (χ3v) is 3.12. The Morgan fingerprint density at radius 3 is 2.62 bits per heavy atom. The molecule has 0 saturated carbocycles. The molecule has 0 aliphatic carbocycles. The van der Waals surface area contributed by atoms with Gasteiger partial charge < -0.3 is 10.5 Å². The summed E-state index contributed by atoms with van der Waals surface area (Å²) in [5.41, 5.74) is 7.05. The quantitative estimate of drug-likeness (QED) is 0.883. The van der Waals surface area contributed by atoms with Crippen molar-refractivity contribution >= 4 is 23.2 Å². The maximum Gasteiger partial charge on any atom is 0.0558 e. The zero-order chi connectivity index (χ0) is 12.1. The Morgan fingerprint density at radius 1 is 1.38 bits per heavy atom. The highest BCUT2D eigenvalue weighted by atomic mass is 35.5. The van der Waals surface area contributed by atoms with E-state index in [-0.39, 0.29) is 12.1 Å². The van der Waals surface area contributed by atoms with E-state index in [1.807, 2.05) is 19.1 Å². The first kappa shape index (κ1) is 13.8. The molecule has 1 aromatic rings. The molecule has 2 unspecified atom stereocenters. The van der Waals surface area contributed by atoms with Gasteiger partial charge in [0, 0.05) is 23.2 Å². The minimum absolute atomic E-state index is 0.0497. The predicted octanol–water partition coefficient (Wildman–Crippen LogP) is 3.29. The molecule has 2 nitrogen and oxygen atoms in total. The highest BCUT2D eigenvalue weighted by molar-refractivity contribution is 6.35. The molecule has 2 atom stereocenters. The molecule has 2 N–H and O–H groups in total. The van der Waals surface area contributed by atoms with Crippen LogP contribution in [0.25, 0.3) is 0 Å². The van der Waals surface area contributed by atoms with Crippen molar-refractivity contribution in [2.24, 2.45) is 5.73 Å². The van der Waals surface area contributed by atoms with Crippen LogP contribution >= 0.6 is 23.2 Å². The van der Waals surface area contributed by atoms with Crippen molar-refractivity contribution in [1.82, 2.24) is 0 Å². The van der Waals surface area contributed by atoms with E-state index < -0.39 is 0 Å². The first-order valence-corrected chi connectivity index (χ1v) is 6.00. The van der Waals surface area contributed by atoms with Gasteiger partial charge in [-0.15, -0.1) is 0 Å². The number of halogens is 2. The highest BCUT2D eigenvalue weighted by Crippen LogP contribution is 2.22. The lowest BCUT2D eigenvalue weighted by Crippen LogP contribution is -2.28. The molecule has 1 rings (SSSR count). The number of ether oxygens (including phenoxy) is 1. The monoisotopic (exact) mass is 261 g/mol. The fraction of sp³-hybridized carbons (Fsp3) is 0.500. The standard InChI is InChI=1S/C12H17Cl2NO/c1-8(16-2)5-11(15)6-9-3-4-10(13)7-12(9)14/h3-4,7-8,11H,5-6,15H2,1-2H3. The van der Waals surface area contributed by atoms with Crippen LogP contribution in [0.4, 0.5) is 0 Å². The lowest BCUT2D eigenvalue weighted by atomic mass is 10.0. The molecule has 1 aromatic carbocycles. The van der Waals surface area contributed by atoms with E-state index in [9.17, 15) is 0 Å². The molecule has 4 heteroatoms. The van der Waals surface area contributed by atoms with Gasteiger partial charge in [-0.2, -0.15) is 0 Å². The summed E-state index contributed by atoms with van der Waals surface area (Å²) in [6.45, 7) is 2.00. The minimum Gasteiger partial charge on any atom is -0.382 e. The highest BCUT2D eigenvalue weighted by Gasteiger charge is 2.11. The maximum absolute atomic E-state index is 6.07. The zero-order valence-electron chi connectivity index (χ0n) is 9.54. The second-order valence-corrected chi connectivity index (χ2v) is 4.83. The number of methoxy groups -OCH3 is 1. The molecule has 0 aliphatic rings. The van der Waals surface area contributed by atoms with Crippen molar-refractivity contribution in [2.45, 2.75) is 31.9 Å². The van der Waals surface area contributed by atoms with E-state index in [4.69, 9.17) is 33.7 Å². The van der Waals surface area contributed by atoms with Crippen molar-refractivity contribution in [3.63, 3.8) is 0 Å². The van der Waals surface area contributed by atoms with Gasteiger partial charge in [0.05, 0.1) is 6.10 Å². The number of benzene rings is 1. The summed E-state index contributed by atoms with van der Waals surface area (Å²) < 4.78 is 5.17. The van der Waals surface area contributed by atoms with Gasteiger partial charge in [-0.25, -0.2) is 0 Å². The maximum atomic E-state index is 6.07. The average molecular weight is 262 g/mol. The molecular formula is C12H17Cl2NO. The smallest absolute Gasteiger partial charge is 0.0558 e. The lowest BCUT2D eigenvalue weighted by molar-refractivity contribution is 0.104. The Hall–Kier alpha value is -0.280. The minimum atomic E-state index is 0.0497. The largest absolute Gasteiger partial charge is 0.382 e. The molecule has 0 saturated heterocycles. The van der Waals surface area contributed by atoms with Crippen LogP contribution in [-0.4, -0.2) is 19.3 Å². The number of hydrogen-bond donors (Lipinski definition) is 1. The van der Waals surface area contributed by atoms with Crippen LogP contribution in [0.1, 0.15) is 18.9 Å². The summed E-state index contributed by atoms with van der Waals surface area (Å²) in [5.74, 6) is 0. The third-order valence-electron chi connectivity index (χ3n) is 2.53. The van der Waals surface area contributed by atoms with Crippen LogP contribution in [0.5, 0.6) is 0 Å². The molecular weight excluding hydrogens is 245 g/mol. The van der Waals surface area contributed by atoms with E-state index in [1.165, 1.54) is 0 Å². The van der Waals surface area contributed by atoms with Gasteiger partial charge in [0.15, 0.2) is 0 Å². The Labute approximate surface area is 107 Å². The van der Waals surface area contributed by atoms with Crippen LogP contribution in [0.15, 0.2) is 18.2 Å². The van der Waals surface area contributed by atoms with Crippen molar-refractivity contribution < 1.29 is 4.74 Å². The van der Waals surface area contributed by atoms with Crippen LogP contribution in [-0.2, 0) is 11.2 Å². The molecule has 0 spiro atoms. The molecule has 0 amide bonds. The molecule has 0 bridgehead atoms. The van der Waals surface area contributed by atoms with Gasteiger partial charge in [0.25, 0.3) is 0 Å². The molecule has 0 heterocycles. The van der Waals surface area contributed by atoms with Crippen molar-refractivity contribution in [1.29, 1.82) is 0 Å². The molecule has 0 radical (unpaired) electrons. The molecule has 90 valence electrons. The van der Waals surface area contributed by atoms with E-state index in [0.717, 1.165) is 18.4 Å². The van der Waals surface area contributed by atoms with Gasteiger partial charge >= 0.3 is 0 Å². The first-order valence-electron chi connectivity index (χ1n) is 5.25. The summed E-state index contributed by atoms with van der Waals surface area (Å²) in [6, 6.07) is 5.54. The summed E-state index contributed by atoms with van der Waals surface area (Å²) in [5, 5.41) is 1.32. The second-order valence-electron chi connectivity index (χ2n) is 3.98. The third kappa shape index (κ3) is 4.30. The van der Waals surface area contributed by atoms with Gasteiger partial charge in [-0.1, -0.05) is 29.3 Å². The molecule has 16 heavy (non-hydrogen) atoms. The SMILES string of the molecule is COC(C)CC(N)Cc1ccc(Cl)cc1Cl. The topological polar surface area (TPSA) is 35.2 Å². The van der Waals surface area contributed by atoms with Gasteiger partial charge in [-0.05, 0) is 37.5 Å². The van der Waals surface area contributed by atoms with Crippen molar-refractivity contribution in [3.8, 4) is 0 Å².